The molecule has 0 bridgehead atoms. The molecule has 1 aliphatic rings. The number of phosphoric ester groups is 1. The third kappa shape index (κ3) is 7.43. The second-order valence-electron chi connectivity index (χ2n) is 8.36. The third-order valence-corrected chi connectivity index (χ3v) is 6.06. The highest BCUT2D eigenvalue weighted by Crippen LogP contribution is 2.43. The average Bonchev–Trinajstić information content (AvgIpc) is 3.14. The molecule has 1 fully saturated rings. The summed E-state index contributed by atoms with van der Waals surface area (Å²) in [5.41, 5.74) is 9.56. The highest BCUT2D eigenvalue weighted by atomic mass is 31.2. The summed E-state index contributed by atoms with van der Waals surface area (Å²) in [6.45, 7) is 4.51. The van der Waals surface area contributed by atoms with Gasteiger partial charge in [0.1, 0.15) is 12.4 Å². The van der Waals surface area contributed by atoms with Crippen molar-refractivity contribution in [2.75, 3.05) is 19.8 Å². The summed E-state index contributed by atoms with van der Waals surface area (Å²) in [5, 5.41) is 4.17. The summed E-state index contributed by atoms with van der Waals surface area (Å²) >= 11 is 0. The standard InChI is InChI=1S/C23H31N2O6P/c1-17-4-3-5-22(14-17)29-12-13-30-25-18(2)19-6-8-20(9-7-19)21-10-11-23(24,15-21)16-31-32(26,27)28/h3-9,14,21H,10-13,15-16,24H2,1-2H3,(H2,26,27,28)/t21-,23-/m1/s1. The summed E-state index contributed by atoms with van der Waals surface area (Å²) in [6, 6.07) is 15.9. The number of hydrogen-bond donors (Lipinski definition) is 3. The Labute approximate surface area is 188 Å². The minimum Gasteiger partial charge on any atom is -0.490 e. The Morgan fingerprint density at radius 3 is 2.66 bits per heavy atom. The van der Waals surface area contributed by atoms with Crippen LogP contribution in [0, 0.1) is 6.92 Å². The molecular weight excluding hydrogens is 431 g/mol. The number of hydrogen-bond acceptors (Lipinski definition) is 6. The highest BCUT2D eigenvalue weighted by molar-refractivity contribution is 7.46. The van der Waals surface area contributed by atoms with Crippen LogP contribution in [-0.2, 0) is 13.9 Å². The fourth-order valence-electron chi connectivity index (χ4n) is 3.88. The van der Waals surface area contributed by atoms with Gasteiger partial charge in [-0.15, -0.1) is 0 Å². The average molecular weight is 462 g/mol. The van der Waals surface area contributed by atoms with Crippen molar-refractivity contribution in [1.29, 1.82) is 0 Å². The minimum atomic E-state index is -4.51. The quantitative estimate of drug-likeness (QED) is 0.212. The van der Waals surface area contributed by atoms with Gasteiger partial charge in [0, 0.05) is 5.54 Å². The normalized spacial score (nSPS) is 21.5. The summed E-state index contributed by atoms with van der Waals surface area (Å²) in [7, 11) is -4.51. The Balaban J connectivity index is 1.46. The second-order valence-corrected chi connectivity index (χ2v) is 9.60. The molecule has 1 aliphatic carbocycles. The van der Waals surface area contributed by atoms with E-state index < -0.39 is 13.4 Å². The first-order valence-corrected chi connectivity index (χ1v) is 12.1. The zero-order valence-electron chi connectivity index (χ0n) is 18.4. The molecule has 2 atom stereocenters. The van der Waals surface area contributed by atoms with Crippen molar-refractivity contribution in [3.8, 4) is 5.75 Å². The van der Waals surface area contributed by atoms with E-state index in [4.69, 9.17) is 25.1 Å². The highest BCUT2D eigenvalue weighted by Gasteiger charge is 2.38. The van der Waals surface area contributed by atoms with Crippen LogP contribution in [-0.4, -0.2) is 40.9 Å². The molecule has 0 aliphatic heterocycles. The fourth-order valence-corrected chi connectivity index (χ4v) is 4.30. The van der Waals surface area contributed by atoms with E-state index in [0.717, 1.165) is 34.6 Å². The van der Waals surface area contributed by atoms with E-state index in [1.165, 1.54) is 0 Å². The van der Waals surface area contributed by atoms with Crippen molar-refractivity contribution in [1.82, 2.24) is 0 Å². The van der Waals surface area contributed by atoms with Gasteiger partial charge in [0.15, 0.2) is 6.61 Å². The number of aryl methyl sites for hydroxylation is 1. The summed E-state index contributed by atoms with van der Waals surface area (Å²) < 4.78 is 21.2. The molecule has 3 rings (SSSR count). The van der Waals surface area contributed by atoms with Gasteiger partial charge in [-0.25, -0.2) is 4.57 Å². The third-order valence-electron chi connectivity index (χ3n) is 5.60. The molecule has 0 unspecified atom stereocenters. The lowest BCUT2D eigenvalue weighted by Gasteiger charge is -2.24. The number of phosphoric acid groups is 1. The van der Waals surface area contributed by atoms with E-state index in [1.54, 1.807) is 0 Å². The van der Waals surface area contributed by atoms with E-state index in [9.17, 15) is 4.57 Å². The molecule has 8 nitrogen and oxygen atoms in total. The van der Waals surface area contributed by atoms with Crippen molar-refractivity contribution < 1.29 is 28.5 Å². The molecule has 0 spiro atoms. The topological polar surface area (TPSA) is 124 Å². The van der Waals surface area contributed by atoms with Crippen LogP contribution in [0.15, 0.2) is 53.7 Å². The van der Waals surface area contributed by atoms with Gasteiger partial charge >= 0.3 is 7.82 Å². The molecule has 2 aromatic rings. The number of nitrogens with zero attached hydrogens (tertiary/aromatic N) is 1. The van der Waals surface area contributed by atoms with Crippen molar-refractivity contribution in [3.63, 3.8) is 0 Å². The molecule has 174 valence electrons. The Bertz CT molecular complexity index is 975. The van der Waals surface area contributed by atoms with Crippen LogP contribution in [0.25, 0.3) is 0 Å². The van der Waals surface area contributed by atoms with Crippen molar-refractivity contribution in [2.24, 2.45) is 10.9 Å². The molecule has 1 saturated carbocycles. The number of ether oxygens (including phenoxy) is 1. The molecule has 4 N–H and O–H groups in total. The van der Waals surface area contributed by atoms with E-state index in [2.05, 4.69) is 9.68 Å². The molecular formula is C23H31N2O6P. The lowest BCUT2D eigenvalue weighted by Crippen LogP contribution is -2.41. The van der Waals surface area contributed by atoms with Crippen molar-refractivity contribution in [3.05, 3.63) is 65.2 Å². The smallest absolute Gasteiger partial charge is 0.469 e. The molecule has 32 heavy (non-hydrogen) atoms. The number of rotatable bonds is 10. The van der Waals surface area contributed by atoms with Gasteiger partial charge in [-0.1, -0.05) is 41.6 Å². The van der Waals surface area contributed by atoms with Crippen LogP contribution in [0.3, 0.4) is 0 Å². The number of oxime groups is 1. The van der Waals surface area contributed by atoms with Crippen LogP contribution >= 0.6 is 7.82 Å². The lowest BCUT2D eigenvalue weighted by atomic mass is 9.93. The van der Waals surface area contributed by atoms with Gasteiger partial charge < -0.3 is 25.1 Å². The molecule has 0 amide bonds. The predicted octanol–water partition coefficient (Wildman–Crippen LogP) is 3.89. The van der Waals surface area contributed by atoms with Gasteiger partial charge in [-0.05, 0) is 67.9 Å². The largest absolute Gasteiger partial charge is 0.490 e. The van der Waals surface area contributed by atoms with Crippen LogP contribution in [0.5, 0.6) is 5.75 Å². The number of benzene rings is 2. The maximum atomic E-state index is 11.0. The molecule has 0 saturated heterocycles. The summed E-state index contributed by atoms with van der Waals surface area (Å²) in [5.74, 6) is 1.04. The van der Waals surface area contributed by atoms with Gasteiger partial charge in [-0.3, -0.25) is 4.52 Å². The van der Waals surface area contributed by atoms with Gasteiger partial charge in [-0.2, -0.15) is 0 Å². The maximum Gasteiger partial charge on any atom is 0.469 e. The predicted molar refractivity (Wildman–Crippen MR) is 123 cm³/mol. The maximum absolute atomic E-state index is 11.0. The second kappa shape index (κ2) is 10.6. The molecule has 0 radical (unpaired) electrons. The van der Waals surface area contributed by atoms with Crippen LogP contribution in [0.4, 0.5) is 0 Å². The first-order valence-electron chi connectivity index (χ1n) is 10.6. The number of nitrogens with two attached hydrogens (primary N) is 1. The van der Waals surface area contributed by atoms with Crippen LogP contribution in [0.1, 0.15) is 48.8 Å². The zero-order chi connectivity index (χ0) is 23.2. The lowest BCUT2D eigenvalue weighted by molar-refractivity contribution is 0.107. The van der Waals surface area contributed by atoms with Crippen molar-refractivity contribution >= 4 is 13.5 Å². The van der Waals surface area contributed by atoms with E-state index in [-0.39, 0.29) is 12.5 Å². The SMILES string of the molecule is CC(=NOCCOc1cccc(C)c1)c1ccc([C@@H]2CC[C@](N)(COP(=O)(O)O)C2)cc1. The Morgan fingerprint density at radius 1 is 1.22 bits per heavy atom. The molecule has 0 aromatic heterocycles. The summed E-state index contributed by atoms with van der Waals surface area (Å²) in [6.07, 6.45) is 2.11. The Morgan fingerprint density at radius 2 is 1.97 bits per heavy atom. The molecule has 0 heterocycles. The Hall–Kier alpha value is -2.22. The zero-order valence-corrected chi connectivity index (χ0v) is 19.3. The van der Waals surface area contributed by atoms with Crippen LogP contribution < -0.4 is 10.5 Å². The van der Waals surface area contributed by atoms with Gasteiger partial charge in [0.2, 0.25) is 0 Å². The van der Waals surface area contributed by atoms with E-state index >= 15 is 0 Å². The first-order chi connectivity index (χ1) is 15.1. The summed E-state index contributed by atoms with van der Waals surface area (Å²) in [4.78, 5) is 23.2. The Kier molecular flexibility index (Phi) is 8.09. The van der Waals surface area contributed by atoms with Gasteiger partial charge in [0.25, 0.3) is 0 Å². The molecule has 9 heteroatoms. The van der Waals surface area contributed by atoms with Gasteiger partial charge in [0.05, 0.1) is 12.3 Å². The first kappa shape index (κ1) is 24.4. The monoisotopic (exact) mass is 462 g/mol. The van der Waals surface area contributed by atoms with E-state index in [0.29, 0.717) is 26.1 Å². The van der Waals surface area contributed by atoms with E-state index in [1.807, 2.05) is 62.4 Å². The minimum absolute atomic E-state index is 0.150. The molecule has 2 aromatic carbocycles. The van der Waals surface area contributed by atoms with Crippen LogP contribution in [0.2, 0.25) is 0 Å². The fraction of sp³-hybridized carbons (Fsp3) is 0.435. The van der Waals surface area contributed by atoms with Crippen molar-refractivity contribution in [2.45, 2.75) is 44.6 Å².